The molecule has 3 aromatic carbocycles. The summed E-state index contributed by atoms with van der Waals surface area (Å²) < 4.78 is 0. The molecule has 2 atom stereocenters. The van der Waals surface area contributed by atoms with E-state index in [-0.39, 0.29) is 16.9 Å². The highest BCUT2D eigenvalue weighted by molar-refractivity contribution is 8.00. The number of nitrogen functional groups attached to an aromatic ring is 1. The first-order valence-corrected chi connectivity index (χ1v) is 15.7. The Labute approximate surface area is 240 Å². The van der Waals surface area contributed by atoms with Gasteiger partial charge in [-0.15, -0.1) is 23.1 Å². The van der Waals surface area contributed by atoms with Crippen LogP contribution in [0.15, 0.2) is 96.2 Å². The van der Waals surface area contributed by atoms with E-state index < -0.39 is 0 Å². The average Bonchev–Trinajstić information content (AvgIpc) is 3.36. The number of thioether (sulfide) groups is 2. The van der Waals surface area contributed by atoms with E-state index >= 15 is 0 Å². The Balaban J connectivity index is 1.23. The Bertz CT molecular complexity index is 1580. The zero-order valence-electron chi connectivity index (χ0n) is 21.2. The number of nitrogens with zero attached hydrogens (tertiary/aromatic N) is 2. The molecule has 5 nitrogen and oxygen atoms in total. The number of thiophene rings is 1. The van der Waals surface area contributed by atoms with E-state index in [2.05, 4.69) is 83.1 Å². The number of nitrogens with one attached hydrogen (secondary N) is 1. The fourth-order valence-electron chi connectivity index (χ4n) is 4.92. The summed E-state index contributed by atoms with van der Waals surface area (Å²) in [6.45, 7) is 0.601. The van der Waals surface area contributed by atoms with Crippen molar-refractivity contribution in [3.8, 4) is 0 Å². The van der Waals surface area contributed by atoms with Crippen LogP contribution in [0.5, 0.6) is 0 Å². The average molecular weight is 569 g/mol. The lowest BCUT2D eigenvalue weighted by molar-refractivity contribution is -0.118. The van der Waals surface area contributed by atoms with E-state index in [1.54, 1.807) is 11.3 Å². The van der Waals surface area contributed by atoms with Crippen molar-refractivity contribution in [2.24, 2.45) is 0 Å². The lowest BCUT2D eigenvalue weighted by atomic mass is 9.98. The zero-order valence-corrected chi connectivity index (χ0v) is 23.7. The molecule has 5 aromatic rings. The van der Waals surface area contributed by atoms with Gasteiger partial charge in [-0.05, 0) is 35.1 Å². The summed E-state index contributed by atoms with van der Waals surface area (Å²) in [5.41, 5.74) is 11.6. The Kier molecular flexibility index (Phi) is 7.85. The van der Waals surface area contributed by atoms with Gasteiger partial charge in [0.1, 0.15) is 10.6 Å². The van der Waals surface area contributed by atoms with Gasteiger partial charge in [0.15, 0.2) is 5.16 Å². The fourth-order valence-corrected chi connectivity index (χ4v) is 8.67. The van der Waals surface area contributed by atoms with Crippen LogP contribution in [0, 0.1) is 0 Å². The Morgan fingerprint density at radius 2 is 1.59 bits per heavy atom. The monoisotopic (exact) mass is 568 g/mol. The number of amides is 1. The summed E-state index contributed by atoms with van der Waals surface area (Å²) in [6, 6.07) is 31.5. The van der Waals surface area contributed by atoms with Gasteiger partial charge in [0.05, 0.1) is 16.4 Å². The lowest BCUT2D eigenvalue weighted by Crippen LogP contribution is -2.27. The van der Waals surface area contributed by atoms with Gasteiger partial charge in [0.25, 0.3) is 0 Å². The van der Waals surface area contributed by atoms with Crippen LogP contribution < -0.4 is 11.1 Å². The molecule has 8 heteroatoms. The molecule has 0 radical (unpaired) electrons. The Morgan fingerprint density at radius 3 is 2.31 bits per heavy atom. The number of carbonyl (C=O) groups excluding carboxylic acids is 1. The highest BCUT2D eigenvalue weighted by Gasteiger charge is 2.34. The Hall–Kier alpha value is -3.33. The van der Waals surface area contributed by atoms with Crippen LogP contribution in [0.4, 0.5) is 5.82 Å². The second kappa shape index (κ2) is 11.8. The molecule has 1 aliphatic heterocycles. The second-order valence-electron chi connectivity index (χ2n) is 9.42. The molecule has 39 heavy (non-hydrogen) atoms. The van der Waals surface area contributed by atoms with Gasteiger partial charge < -0.3 is 11.1 Å². The van der Waals surface area contributed by atoms with E-state index in [4.69, 9.17) is 10.7 Å². The third-order valence-corrected chi connectivity index (χ3v) is 10.5. The van der Waals surface area contributed by atoms with Crippen molar-refractivity contribution in [2.45, 2.75) is 28.5 Å². The molecule has 0 spiro atoms. The largest absolute Gasteiger partial charge is 0.383 e. The van der Waals surface area contributed by atoms with Gasteiger partial charge in [0.2, 0.25) is 5.91 Å². The predicted molar refractivity (Wildman–Crippen MR) is 164 cm³/mol. The minimum absolute atomic E-state index is 0.0325. The van der Waals surface area contributed by atoms with E-state index in [0.29, 0.717) is 22.8 Å². The molecule has 1 amide bonds. The van der Waals surface area contributed by atoms with E-state index in [0.717, 1.165) is 23.1 Å². The molecule has 2 aromatic heterocycles. The van der Waals surface area contributed by atoms with Crippen molar-refractivity contribution in [1.82, 2.24) is 15.3 Å². The first-order valence-electron chi connectivity index (χ1n) is 12.9. The van der Waals surface area contributed by atoms with Gasteiger partial charge in [0, 0.05) is 16.7 Å². The first kappa shape index (κ1) is 25.9. The smallest absolute Gasteiger partial charge is 0.230 e. The van der Waals surface area contributed by atoms with Crippen LogP contribution >= 0.6 is 34.9 Å². The molecule has 1 aliphatic rings. The third-order valence-electron chi connectivity index (χ3n) is 6.80. The van der Waals surface area contributed by atoms with Crippen LogP contribution in [0.25, 0.3) is 10.2 Å². The summed E-state index contributed by atoms with van der Waals surface area (Å²) in [4.78, 5) is 24.2. The van der Waals surface area contributed by atoms with Crippen LogP contribution in [0.1, 0.15) is 37.6 Å². The van der Waals surface area contributed by atoms with Crippen molar-refractivity contribution in [2.75, 3.05) is 18.0 Å². The summed E-state index contributed by atoms with van der Waals surface area (Å²) in [5.74, 6) is 0.716. The summed E-state index contributed by atoms with van der Waals surface area (Å²) in [5, 5.41) is 5.01. The molecule has 0 saturated heterocycles. The Morgan fingerprint density at radius 1 is 0.923 bits per heavy atom. The lowest BCUT2D eigenvalue weighted by Gasteiger charge is -2.30. The zero-order chi connectivity index (χ0) is 26.6. The second-order valence-corrected chi connectivity index (χ2v) is 12.7. The number of rotatable bonds is 8. The first-order chi connectivity index (χ1) is 19.2. The molecule has 0 aliphatic carbocycles. The van der Waals surface area contributed by atoms with Gasteiger partial charge in [-0.3, -0.25) is 4.79 Å². The van der Waals surface area contributed by atoms with Gasteiger partial charge in [-0.25, -0.2) is 9.97 Å². The van der Waals surface area contributed by atoms with Crippen LogP contribution in [0.2, 0.25) is 0 Å². The van der Waals surface area contributed by atoms with Crippen molar-refractivity contribution in [3.05, 3.63) is 118 Å². The summed E-state index contributed by atoms with van der Waals surface area (Å²) in [6.07, 6.45) is 1.69. The van der Waals surface area contributed by atoms with E-state index in [9.17, 15) is 4.79 Å². The molecule has 0 saturated carbocycles. The number of carbonyl (C=O) groups is 1. The molecular formula is C31H28N4OS3. The van der Waals surface area contributed by atoms with Crippen molar-refractivity contribution in [1.29, 1.82) is 0 Å². The van der Waals surface area contributed by atoms with Crippen molar-refractivity contribution >= 4 is 56.8 Å². The SMILES string of the molecule is Nc1nc(SCC(=O)NCCc2ccccc2)nc2sc3c(c12)C[C@@H](c1ccccc1)S[C@H]3c1ccccc1. The summed E-state index contributed by atoms with van der Waals surface area (Å²) >= 11 is 5.03. The van der Waals surface area contributed by atoms with Gasteiger partial charge >= 0.3 is 0 Å². The van der Waals surface area contributed by atoms with Crippen LogP contribution in [-0.2, 0) is 17.6 Å². The number of hydrogen-bond donors (Lipinski definition) is 2. The minimum atomic E-state index is -0.0325. The quantitative estimate of drug-likeness (QED) is 0.158. The standard InChI is InChI=1S/C31H28N4OS3/c32-29-26-23-18-24(21-12-6-2-7-13-21)38-27(22-14-8-3-9-15-22)28(23)39-30(26)35-31(34-29)37-19-25(36)33-17-16-20-10-4-1-5-11-20/h1-15,24,27H,16-19H2,(H,33,36)(H2,32,34,35)/t24-,27-/m0/s1. The maximum absolute atomic E-state index is 12.5. The minimum Gasteiger partial charge on any atom is -0.383 e. The highest BCUT2D eigenvalue weighted by Crippen LogP contribution is 2.55. The predicted octanol–water partition coefficient (Wildman–Crippen LogP) is 6.84. The molecule has 0 unspecified atom stereocenters. The fraction of sp³-hybridized carbons (Fsp3) is 0.194. The van der Waals surface area contributed by atoms with Gasteiger partial charge in [-0.2, -0.15) is 0 Å². The van der Waals surface area contributed by atoms with Crippen LogP contribution in [-0.4, -0.2) is 28.2 Å². The number of nitrogens with two attached hydrogens (primary N) is 1. The molecule has 0 bridgehead atoms. The maximum atomic E-state index is 12.5. The number of fused-ring (bicyclic) bond motifs is 3. The van der Waals surface area contributed by atoms with Crippen LogP contribution in [0.3, 0.4) is 0 Å². The number of anilines is 1. The molecular weight excluding hydrogens is 541 g/mol. The van der Waals surface area contributed by atoms with Crippen molar-refractivity contribution in [3.63, 3.8) is 0 Å². The number of aromatic nitrogens is 2. The molecule has 3 heterocycles. The topological polar surface area (TPSA) is 80.9 Å². The van der Waals surface area contributed by atoms with Crippen molar-refractivity contribution < 1.29 is 4.79 Å². The number of hydrogen-bond acceptors (Lipinski definition) is 7. The molecule has 0 fully saturated rings. The normalized spacial score (nSPS) is 16.6. The summed E-state index contributed by atoms with van der Waals surface area (Å²) in [7, 11) is 0. The maximum Gasteiger partial charge on any atom is 0.230 e. The number of benzene rings is 3. The highest BCUT2D eigenvalue weighted by atomic mass is 32.2. The van der Waals surface area contributed by atoms with Gasteiger partial charge in [-0.1, -0.05) is 103 Å². The molecule has 6 rings (SSSR count). The molecule has 196 valence electrons. The molecule has 3 N–H and O–H groups in total. The van der Waals surface area contributed by atoms with E-state index in [1.807, 2.05) is 30.0 Å². The third kappa shape index (κ3) is 5.83. The van der Waals surface area contributed by atoms with E-state index in [1.165, 1.54) is 38.9 Å².